The molecule has 0 saturated carbocycles. The summed E-state index contributed by atoms with van der Waals surface area (Å²) < 4.78 is 0. The fraction of sp³-hybridized carbons (Fsp3) is 0.400. The van der Waals surface area contributed by atoms with Crippen LogP contribution < -0.4 is 5.32 Å². The van der Waals surface area contributed by atoms with Crippen molar-refractivity contribution in [3.05, 3.63) is 42.9 Å². The summed E-state index contributed by atoms with van der Waals surface area (Å²) in [6.07, 6.45) is 8.38. The average Bonchev–Trinajstić information content (AvgIpc) is 3.13. The van der Waals surface area contributed by atoms with Crippen molar-refractivity contribution in [2.45, 2.75) is 31.8 Å². The number of hydrogen-bond acceptors (Lipinski definition) is 4. The van der Waals surface area contributed by atoms with Crippen LogP contribution in [0.25, 0.3) is 22.3 Å². The third-order valence-electron chi connectivity index (χ3n) is 5.97. The SMILES string of the molecule is C[C@@H]1[C@H](Nc2ccc(-c3cnc4[nH]ccc4c3)nc2)C2CCN1CC2. The van der Waals surface area contributed by atoms with E-state index >= 15 is 0 Å². The van der Waals surface area contributed by atoms with E-state index in [4.69, 9.17) is 0 Å². The van der Waals surface area contributed by atoms with Gasteiger partial charge in [0.25, 0.3) is 0 Å². The Morgan fingerprint density at radius 2 is 2.00 bits per heavy atom. The van der Waals surface area contributed by atoms with Crippen molar-refractivity contribution >= 4 is 16.7 Å². The van der Waals surface area contributed by atoms with Gasteiger partial charge in [0.15, 0.2) is 0 Å². The van der Waals surface area contributed by atoms with Crippen LogP contribution in [0.4, 0.5) is 5.69 Å². The molecular weight excluding hydrogens is 310 g/mol. The van der Waals surface area contributed by atoms with Gasteiger partial charge in [-0.15, -0.1) is 0 Å². The third kappa shape index (κ3) is 2.59. The summed E-state index contributed by atoms with van der Waals surface area (Å²) in [5, 5.41) is 4.85. The number of aromatic amines is 1. The third-order valence-corrected chi connectivity index (χ3v) is 5.97. The van der Waals surface area contributed by atoms with E-state index in [1.807, 2.05) is 24.7 Å². The van der Waals surface area contributed by atoms with Gasteiger partial charge in [0.05, 0.1) is 17.6 Å². The molecule has 0 aliphatic carbocycles. The van der Waals surface area contributed by atoms with Crippen molar-refractivity contribution in [3.8, 4) is 11.3 Å². The molecule has 2 bridgehead atoms. The Morgan fingerprint density at radius 1 is 1.12 bits per heavy atom. The Labute approximate surface area is 147 Å². The summed E-state index contributed by atoms with van der Waals surface area (Å²) in [4.78, 5) is 14.9. The number of aromatic nitrogens is 3. The van der Waals surface area contributed by atoms with E-state index in [1.54, 1.807) is 0 Å². The number of piperidine rings is 3. The number of nitrogens with one attached hydrogen (secondary N) is 2. The molecule has 6 rings (SSSR count). The molecule has 6 heterocycles. The Morgan fingerprint density at radius 3 is 2.76 bits per heavy atom. The highest BCUT2D eigenvalue weighted by Gasteiger charge is 2.39. The first-order valence-electron chi connectivity index (χ1n) is 9.18. The molecule has 25 heavy (non-hydrogen) atoms. The number of rotatable bonds is 3. The Hall–Kier alpha value is -2.40. The maximum Gasteiger partial charge on any atom is 0.137 e. The molecule has 3 aliphatic heterocycles. The molecule has 0 aromatic carbocycles. The van der Waals surface area contributed by atoms with Crippen molar-refractivity contribution in [2.75, 3.05) is 18.4 Å². The first-order valence-corrected chi connectivity index (χ1v) is 9.18. The molecule has 0 amide bonds. The summed E-state index contributed by atoms with van der Waals surface area (Å²) in [7, 11) is 0. The van der Waals surface area contributed by atoms with Crippen LogP contribution in [-0.4, -0.2) is 45.0 Å². The topological polar surface area (TPSA) is 56.8 Å². The lowest BCUT2D eigenvalue weighted by atomic mass is 9.79. The van der Waals surface area contributed by atoms with Gasteiger partial charge in [-0.25, -0.2) is 4.98 Å². The lowest BCUT2D eigenvalue weighted by Gasteiger charge is -2.50. The van der Waals surface area contributed by atoms with Crippen molar-refractivity contribution < 1.29 is 0 Å². The van der Waals surface area contributed by atoms with Gasteiger partial charge in [-0.1, -0.05) is 0 Å². The Balaban J connectivity index is 1.36. The van der Waals surface area contributed by atoms with Gasteiger partial charge in [-0.05, 0) is 63.0 Å². The van der Waals surface area contributed by atoms with E-state index in [2.05, 4.69) is 50.3 Å². The van der Waals surface area contributed by atoms with Crippen LogP contribution in [0.3, 0.4) is 0 Å². The van der Waals surface area contributed by atoms with Crippen LogP contribution in [0.2, 0.25) is 0 Å². The molecule has 5 heteroatoms. The Kier molecular flexibility index (Phi) is 3.48. The van der Waals surface area contributed by atoms with Gasteiger partial charge >= 0.3 is 0 Å². The van der Waals surface area contributed by atoms with Gasteiger partial charge < -0.3 is 10.3 Å². The second-order valence-electron chi connectivity index (χ2n) is 7.36. The molecule has 0 radical (unpaired) electrons. The number of hydrogen-bond donors (Lipinski definition) is 2. The molecule has 3 aromatic rings. The minimum absolute atomic E-state index is 0.535. The molecule has 2 N–H and O–H groups in total. The monoisotopic (exact) mass is 333 g/mol. The van der Waals surface area contributed by atoms with E-state index < -0.39 is 0 Å². The van der Waals surface area contributed by atoms with E-state index in [-0.39, 0.29) is 0 Å². The van der Waals surface area contributed by atoms with Crippen molar-refractivity contribution in [1.82, 2.24) is 19.9 Å². The standard InChI is InChI=1S/C20H23N5/c1-13-19(14-5-8-25(13)9-6-14)24-17-2-3-18(22-12-17)16-10-15-4-7-21-20(15)23-11-16/h2-4,7,10-14,19,24H,5-6,8-9H2,1H3,(H,21,23)/t13-,19+/m1/s1. The van der Waals surface area contributed by atoms with Crippen LogP contribution in [0.5, 0.6) is 0 Å². The van der Waals surface area contributed by atoms with Gasteiger partial charge in [0, 0.05) is 35.4 Å². The van der Waals surface area contributed by atoms with Crippen LogP contribution in [-0.2, 0) is 0 Å². The fourth-order valence-electron chi connectivity index (χ4n) is 4.47. The number of H-pyrrole nitrogens is 1. The number of pyridine rings is 2. The maximum atomic E-state index is 4.67. The van der Waals surface area contributed by atoms with Crippen LogP contribution in [0.15, 0.2) is 42.9 Å². The summed E-state index contributed by atoms with van der Waals surface area (Å²) in [5.41, 5.74) is 4.04. The number of nitrogens with zero attached hydrogens (tertiary/aromatic N) is 3. The highest BCUT2D eigenvalue weighted by Crippen LogP contribution is 2.34. The lowest BCUT2D eigenvalue weighted by molar-refractivity contribution is 0.0458. The predicted molar refractivity (Wildman–Crippen MR) is 100 cm³/mol. The molecule has 3 aliphatic rings. The van der Waals surface area contributed by atoms with E-state index in [1.165, 1.54) is 25.9 Å². The fourth-order valence-corrected chi connectivity index (χ4v) is 4.47. The van der Waals surface area contributed by atoms with Gasteiger partial charge in [-0.3, -0.25) is 9.88 Å². The van der Waals surface area contributed by atoms with E-state index in [0.717, 1.165) is 33.9 Å². The quantitative estimate of drug-likeness (QED) is 0.770. The molecular formula is C20H23N5. The molecule has 0 unspecified atom stereocenters. The normalized spacial score (nSPS) is 28.4. The molecule has 0 spiro atoms. The maximum absolute atomic E-state index is 4.67. The van der Waals surface area contributed by atoms with Crippen LogP contribution >= 0.6 is 0 Å². The molecule has 5 nitrogen and oxygen atoms in total. The molecule has 2 atom stereocenters. The second-order valence-corrected chi connectivity index (χ2v) is 7.36. The highest BCUT2D eigenvalue weighted by atomic mass is 15.2. The number of fused-ring (bicyclic) bond motifs is 4. The molecule has 128 valence electrons. The summed E-state index contributed by atoms with van der Waals surface area (Å²) in [6.45, 7) is 4.87. The lowest BCUT2D eigenvalue weighted by Crippen LogP contribution is -2.59. The second kappa shape index (κ2) is 5.85. The van der Waals surface area contributed by atoms with Crippen molar-refractivity contribution in [3.63, 3.8) is 0 Å². The van der Waals surface area contributed by atoms with Gasteiger partial charge in [-0.2, -0.15) is 0 Å². The number of anilines is 1. The molecule has 3 fully saturated rings. The van der Waals surface area contributed by atoms with Crippen LogP contribution in [0, 0.1) is 5.92 Å². The Bertz CT molecular complexity index is 874. The minimum Gasteiger partial charge on any atom is -0.379 e. The smallest absolute Gasteiger partial charge is 0.137 e. The first-order chi connectivity index (χ1) is 12.3. The zero-order valence-electron chi connectivity index (χ0n) is 14.4. The predicted octanol–water partition coefficient (Wildman–Crippen LogP) is 3.52. The summed E-state index contributed by atoms with van der Waals surface area (Å²) >= 11 is 0. The summed E-state index contributed by atoms with van der Waals surface area (Å²) in [6, 6.07) is 9.54. The molecule has 3 aromatic heterocycles. The van der Waals surface area contributed by atoms with Crippen molar-refractivity contribution in [2.24, 2.45) is 5.92 Å². The van der Waals surface area contributed by atoms with Crippen LogP contribution in [0.1, 0.15) is 19.8 Å². The zero-order valence-corrected chi connectivity index (χ0v) is 14.4. The molecule has 3 saturated heterocycles. The van der Waals surface area contributed by atoms with Crippen molar-refractivity contribution in [1.29, 1.82) is 0 Å². The average molecular weight is 333 g/mol. The highest BCUT2D eigenvalue weighted by molar-refractivity contribution is 5.80. The minimum atomic E-state index is 0.535. The van der Waals surface area contributed by atoms with E-state index in [0.29, 0.717) is 12.1 Å². The first kappa shape index (κ1) is 14.9. The zero-order chi connectivity index (χ0) is 16.8. The van der Waals surface area contributed by atoms with E-state index in [9.17, 15) is 0 Å². The van der Waals surface area contributed by atoms with Gasteiger partial charge in [0.2, 0.25) is 0 Å². The van der Waals surface area contributed by atoms with Gasteiger partial charge in [0.1, 0.15) is 5.65 Å². The summed E-state index contributed by atoms with van der Waals surface area (Å²) in [5.74, 6) is 0.792. The largest absolute Gasteiger partial charge is 0.379 e.